The lowest BCUT2D eigenvalue weighted by Crippen LogP contribution is -2.30. The predicted molar refractivity (Wildman–Crippen MR) is 66.3 cm³/mol. The van der Waals surface area contributed by atoms with E-state index in [0.29, 0.717) is 6.42 Å². The molecular formula is C12H15FN2O4. The molecule has 0 aromatic heterocycles. The fourth-order valence-electron chi connectivity index (χ4n) is 1.53. The number of benzene rings is 1. The van der Waals surface area contributed by atoms with E-state index in [1.807, 2.05) is 0 Å². The summed E-state index contributed by atoms with van der Waals surface area (Å²) in [7, 11) is 1.44. The van der Waals surface area contributed by atoms with Crippen LogP contribution in [0.3, 0.4) is 0 Å². The van der Waals surface area contributed by atoms with Crippen molar-refractivity contribution in [3.8, 4) is 0 Å². The van der Waals surface area contributed by atoms with Crippen molar-refractivity contribution in [3.63, 3.8) is 0 Å². The molecule has 1 aromatic carbocycles. The third-order valence-corrected chi connectivity index (χ3v) is 2.61. The van der Waals surface area contributed by atoms with Crippen LogP contribution < -0.4 is 0 Å². The Balaban J connectivity index is 2.98. The van der Waals surface area contributed by atoms with Crippen LogP contribution in [0.25, 0.3) is 0 Å². The van der Waals surface area contributed by atoms with Crippen molar-refractivity contribution >= 4 is 11.6 Å². The second-order valence-electron chi connectivity index (χ2n) is 4.28. The largest absolute Gasteiger partial charge is 0.393 e. The van der Waals surface area contributed by atoms with Crippen molar-refractivity contribution in [2.24, 2.45) is 0 Å². The summed E-state index contributed by atoms with van der Waals surface area (Å²) >= 11 is 0. The average Bonchev–Trinajstić information content (AvgIpc) is 2.34. The van der Waals surface area contributed by atoms with Gasteiger partial charge in [-0.15, -0.1) is 0 Å². The van der Waals surface area contributed by atoms with Gasteiger partial charge in [0.2, 0.25) is 0 Å². The van der Waals surface area contributed by atoms with Gasteiger partial charge in [0.1, 0.15) is 11.4 Å². The number of halogens is 1. The standard InChI is InChI=1S/C12H15FN2O4/c1-8(16)5-6-14(2)12(17)10-7-9(13)3-4-11(10)15(18)19/h3-4,7-8,16H,5-6H2,1-2H3. The van der Waals surface area contributed by atoms with Gasteiger partial charge in [-0.25, -0.2) is 4.39 Å². The van der Waals surface area contributed by atoms with Crippen LogP contribution in [0.2, 0.25) is 0 Å². The Morgan fingerprint density at radius 3 is 2.74 bits per heavy atom. The number of aliphatic hydroxyl groups excluding tert-OH is 1. The Kier molecular flexibility index (Phi) is 4.94. The lowest BCUT2D eigenvalue weighted by molar-refractivity contribution is -0.385. The fourth-order valence-corrected chi connectivity index (χ4v) is 1.53. The quantitative estimate of drug-likeness (QED) is 0.650. The third-order valence-electron chi connectivity index (χ3n) is 2.61. The minimum absolute atomic E-state index is 0.226. The lowest BCUT2D eigenvalue weighted by Gasteiger charge is -2.18. The van der Waals surface area contributed by atoms with Gasteiger partial charge >= 0.3 is 0 Å². The first-order valence-corrected chi connectivity index (χ1v) is 5.70. The Morgan fingerprint density at radius 1 is 1.58 bits per heavy atom. The van der Waals surface area contributed by atoms with Crippen LogP contribution in [0.5, 0.6) is 0 Å². The molecule has 1 aromatic rings. The number of rotatable bonds is 5. The third kappa shape index (κ3) is 3.99. The van der Waals surface area contributed by atoms with Crippen LogP contribution >= 0.6 is 0 Å². The van der Waals surface area contributed by atoms with Crippen LogP contribution in [0.1, 0.15) is 23.7 Å². The van der Waals surface area contributed by atoms with Crippen molar-refractivity contribution in [1.82, 2.24) is 4.90 Å². The summed E-state index contributed by atoms with van der Waals surface area (Å²) < 4.78 is 13.1. The molecule has 0 saturated carbocycles. The Bertz CT molecular complexity index is 491. The van der Waals surface area contributed by atoms with Gasteiger partial charge in [0.25, 0.3) is 11.6 Å². The Hall–Kier alpha value is -2.02. The van der Waals surface area contributed by atoms with E-state index >= 15 is 0 Å². The summed E-state index contributed by atoms with van der Waals surface area (Å²) in [5.41, 5.74) is -0.728. The molecule has 0 radical (unpaired) electrons. The van der Waals surface area contributed by atoms with Crippen LogP contribution in [0.15, 0.2) is 18.2 Å². The number of nitrogens with zero attached hydrogens (tertiary/aromatic N) is 2. The summed E-state index contributed by atoms with van der Waals surface area (Å²) in [6.45, 7) is 1.80. The molecule has 7 heteroatoms. The number of aliphatic hydroxyl groups is 1. The van der Waals surface area contributed by atoms with Gasteiger partial charge in [0, 0.05) is 19.7 Å². The smallest absolute Gasteiger partial charge is 0.282 e. The zero-order valence-corrected chi connectivity index (χ0v) is 10.7. The van der Waals surface area contributed by atoms with Crippen LogP contribution in [0, 0.1) is 15.9 Å². The van der Waals surface area contributed by atoms with Crippen molar-refractivity contribution in [2.75, 3.05) is 13.6 Å². The molecule has 1 rings (SSSR count). The minimum atomic E-state index is -0.727. The highest BCUT2D eigenvalue weighted by Gasteiger charge is 2.23. The van der Waals surface area contributed by atoms with E-state index in [-0.39, 0.29) is 12.1 Å². The van der Waals surface area contributed by atoms with Gasteiger partial charge in [-0.1, -0.05) is 0 Å². The van der Waals surface area contributed by atoms with Crippen molar-refractivity contribution in [3.05, 3.63) is 39.7 Å². The average molecular weight is 270 g/mol. The maximum atomic E-state index is 13.1. The van der Waals surface area contributed by atoms with Gasteiger partial charge in [-0.3, -0.25) is 14.9 Å². The molecule has 0 aliphatic rings. The summed E-state index contributed by atoms with van der Waals surface area (Å²) in [5.74, 6) is -1.36. The number of carbonyl (C=O) groups is 1. The zero-order chi connectivity index (χ0) is 14.6. The minimum Gasteiger partial charge on any atom is -0.393 e. The maximum Gasteiger partial charge on any atom is 0.282 e. The molecule has 104 valence electrons. The van der Waals surface area contributed by atoms with E-state index < -0.39 is 28.4 Å². The highest BCUT2D eigenvalue weighted by molar-refractivity contribution is 5.98. The van der Waals surface area contributed by atoms with Gasteiger partial charge in [-0.05, 0) is 25.5 Å². The van der Waals surface area contributed by atoms with Crippen LogP contribution in [0.4, 0.5) is 10.1 Å². The van der Waals surface area contributed by atoms with E-state index in [1.165, 1.54) is 11.9 Å². The van der Waals surface area contributed by atoms with Gasteiger partial charge in [0.15, 0.2) is 0 Å². The molecular weight excluding hydrogens is 255 g/mol. The van der Waals surface area contributed by atoms with E-state index in [1.54, 1.807) is 6.92 Å². The summed E-state index contributed by atoms with van der Waals surface area (Å²) in [4.78, 5) is 23.3. The molecule has 19 heavy (non-hydrogen) atoms. The van der Waals surface area contributed by atoms with Gasteiger partial charge in [0.05, 0.1) is 11.0 Å². The molecule has 1 atom stereocenters. The topological polar surface area (TPSA) is 83.7 Å². The Morgan fingerprint density at radius 2 is 2.21 bits per heavy atom. The normalized spacial score (nSPS) is 12.0. The number of amides is 1. The maximum absolute atomic E-state index is 13.1. The number of carbonyl (C=O) groups excluding carboxylic acids is 1. The highest BCUT2D eigenvalue weighted by atomic mass is 19.1. The molecule has 0 fully saturated rings. The molecule has 0 saturated heterocycles. The first kappa shape index (κ1) is 15.0. The first-order chi connectivity index (χ1) is 8.82. The summed E-state index contributed by atoms with van der Waals surface area (Å²) in [5, 5.41) is 19.9. The lowest BCUT2D eigenvalue weighted by atomic mass is 10.1. The van der Waals surface area contributed by atoms with Crippen LogP contribution in [-0.4, -0.2) is 40.5 Å². The molecule has 6 nitrogen and oxygen atoms in total. The molecule has 0 aliphatic heterocycles. The second-order valence-corrected chi connectivity index (χ2v) is 4.28. The van der Waals surface area contributed by atoms with E-state index in [0.717, 1.165) is 18.2 Å². The molecule has 1 unspecified atom stereocenters. The fraction of sp³-hybridized carbons (Fsp3) is 0.417. The van der Waals surface area contributed by atoms with Gasteiger partial charge < -0.3 is 10.0 Å². The second kappa shape index (κ2) is 6.24. The predicted octanol–water partition coefficient (Wildman–Crippen LogP) is 1.58. The first-order valence-electron chi connectivity index (χ1n) is 5.70. The van der Waals surface area contributed by atoms with Crippen molar-refractivity contribution in [2.45, 2.75) is 19.4 Å². The summed E-state index contributed by atoms with van der Waals surface area (Å²) in [6.07, 6.45) is -0.247. The Labute approximate surface area is 109 Å². The SMILES string of the molecule is CC(O)CCN(C)C(=O)c1cc(F)ccc1[N+](=O)[O-]. The molecule has 1 N–H and O–H groups in total. The molecule has 1 amide bonds. The molecule has 0 aliphatic carbocycles. The highest BCUT2D eigenvalue weighted by Crippen LogP contribution is 2.21. The molecule has 0 spiro atoms. The summed E-state index contributed by atoms with van der Waals surface area (Å²) in [6, 6.07) is 2.75. The number of nitro groups is 1. The monoisotopic (exact) mass is 270 g/mol. The van der Waals surface area contributed by atoms with Gasteiger partial charge in [-0.2, -0.15) is 0 Å². The van der Waals surface area contributed by atoms with Crippen LogP contribution in [-0.2, 0) is 0 Å². The number of hydrogen-bond acceptors (Lipinski definition) is 4. The van der Waals surface area contributed by atoms with Crippen molar-refractivity contribution in [1.29, 1.82) is 0 Å². The van der Waals surface area contributed by atoms with Crippen molar-refractivity contribution < 1.29 is 19.2 Å². The number of hydrogen-bond donors (Lipinski definition) is 1. The number of nitro benzene ring substituents is 1. The zero-order valence-electron chi connectivity index (χ0n) is 10.7. The van der Waals surface area contributed by atoms with E-state index in [2.05, 4.69) is 0 Å². The van der Waals surface area contributed by atoms with E-state index in [9.17, 15) is 19.3 Å². The molecule has 0 bridgehead atoms. The molecule has 0 heterocycles. The van der Waals surface area contributed by atoms with E-state index in [4.69, 9.17) is 5.11 Å².